The quantitative estimate of drug-likeness (QED) is 0.178. The van der Waals surface area contributed by atoms with Crippen molar-refractivity contribution in [2.75, 3.05) is 27.7 Å². The molecule has 1 aromatic rings. The van der Waals surface area contributed by atoms with Crippen molar-refractivity contribution in [3.63, 3.8) is 0 Å². The van der Waals surface area contributed by atoms with Gasteiger partial charge in [-0.2, -0.15) is 0 Å². The number of nitrogens with one attached hydrogen (secondary N) is 3. The van der Waals surface area contributed by atoms with E-state index in [2.05, 4.69) is 15.6 Å². The molecule has 4 amide bonds. The molecule has 2 fully saturated rings. The summed E-state index contributed by atoms with van der Waals surface area (Å²) >= 11 is 0. The van der Waals surface area contributed by atoms with Crippen LogP contribution in [0.15, 0.2) is 30.3 Å². The van der Waals surface area contributed by atoms with Crippen LogP contribution in [0.2, 0.25) is 0 Å². The minimum Gasteiger partial charge on any atom is -0.463 e. The molecule has 0 bridgehead atoms. The Hall–Kier alpha value is -3.47. The topological polar surface area (TPSA) is 136 Å². The standard InChI is InChI=1S/C36H58N6O5/c1-22(2)29(39-34(45)30(23(3)4)40(7)8)35(46)41(9)31(24(5)6)36(47)42-20-14-19-28(42)33(44)38-27-18-13-17-26(27)32(43)37-21-25-15-11-10-12-16-25/h10-12,15-16,22-24,26-31H,13-14,17-21H2,1-9H3,(H,37,43)(H,38,44)(H,39,45)/p+1/t26?,27?,28-,29?,30-,31-/m0/s1. The Morgan fingerprint density at radius 2 is 1.53 bits per heavy atom. The zero-order valence-corrected chi connectivity index (χ0v) is 30.0. The van der Waals surface area contributed by atoms with Crippen molar-refractivity contribution in [1.29, 1.82) is 0 Å². The lowest BCUT2D eigenvalue weighted by Crippen LogP contribution is -2.73. The van der Waals surface area contributed by atoms with Crippen LogP contribution in [0.1, 0.15) is 79.2 Å². The van der Waals surface area contributed by atoms with Crippen LogP contribution in [0.3, 0.4) is 0 Å². The average molecular weight is 656 g/mol. The fourth-order valence-electron chi connectivity index (χ4n) is 7.27. The Balaban J connectivity index is 1.72. The number of likely N-dealkylation sites (tertiary alicyclic amines) is 1. The number of aliphatic hydroxyl groups is 1. The van der Waals surface area contributed by atoms with Crippen LogP contribution in [-0.2, 0) is 25.7 Å². The van der Waals surface area contributed by atoms with E-state index in [9.17, 15) is 24.3 Å². The molecule has 1 aromatic carbocycles. The average Bonchev–Trinajstić information content (AvgIpc) is 3.68. The number of benzene rings is 1. The molecule has 4 N–H and O–H groups in total. The monoisotopic (exact) mass is 655 g/mol. The third kappa shape index (κ3) is 9.55. The number of amides is 4. The van der Waals surface area contributed by atoms with E-state index in [1.165, 1.54) is 4.90 Å². The fraction of sp³-hybridized carbons (Fsp3) is 0.694. The fourth-order valence-corrected chi connectivity index (χ4v) is 7.27. The second kappa shape index (κ2) is 17.1. The van der Waals surface area contributed by atoms with Crippen molar-refractivity contribution in [1.82, 2.24) is 25.3 Å². The molecule has 1 aliphatic heterocycles. The third-order valence-corrected chi connectivity index (χ3v) is 9.69. The molecule has 11 heteroatoms. The van der Waals surface area contributed by atoms with Gasteiger partial charge in [-0.05, 0) is 57.5 Å². The summed E-state index contributed by atoms with van der Waals surface area (Å²) in [7, 11) is 5.30. The molecular formula is C36H59N6O5+. The Morgan fingerprint density at radius 3 is 2.11 bits per heavy atom. The predicted molar refractivity (Wildman–Crippen MR) is 183 cm³/mol. The van der Waals surface area contributed by atoms with Gasteiger partial charge in [0, 0.05) is 25.2 Å². The van der Waals surface area contributed by atoms with Gasteiger partial charge in [-0.25, -0.2) is 4.99 Å². The minimum absolute atomic E-state index is 0.0424. The Labute approximate surface area is 281 Å². The van der Waals surface area contributed by atoms with Crippen molar-refractivity contribution in [2.24, 2.45) is 23.7 Å². The Kier molecular flexibility index (Phi) is 13.8. The lowest BCUT2D eigenvalue weighted by molar-refractivity contribution is -0.487. The van der Waals surface area contributed by atoms with Gasteiger partial charge in [0.05, 0.1) is 6.04 Å². The van der Waals surface area contributed by atoms with Crippen molar-refractivity contribution >= 4 is 29.5 Å². The van der Waals surface area contributed by atoms with Gasteiger partial charge < -0.3 is 25.5 Å². The maximum Gasteiger partial charge on any atom is 0.337 e. The van der Waals surface area contributed by atoms with Gasteiger partial charge in [-0.15, -0.1) is 0 Å². The first-order valence-electron chi connectivity index (χ1n) is 17.3. The third-order valence-electron chi connectivity index (χ3n) is 9.69. The number of likely N-dealkylation sites (N-methyl/N-ethyl adjacent to an activating group) is 2. The van der Waals surface area contributed by atoms with Crippen LogP contribution in [0.4, 0.5) is 0 Å². The van der Waals surface area contributed by atoms with Gasteiger partial charge in [-0.1, -0.05) is 78.3 Å². The van der Waals surface area contributed by atoms with Crippen molar-refractivity contribution in [3.05, 3.63) is 35.9 Å². The zero-order valence-electron chi connectivity index (χ0n) is 30.0. The number of carbonyl (C=O) groups is 4. The van der Waals surface area contributed by atoms with Crippen LogP contribution in [-0.4, -0.2) is 107 Å². The summed E-state index contributed by atoms with van der Waals surface area (Å²) in [6.07, 6.45) is 3.60. The van der Waals surface area contributed by atoms with Crippen LogP contribution in [0.25, 0.3) is 0 Å². The smallest absolute Gasteiger partial charge is 0.337 e. The van der Waals surface area contributed by atoms with Crippen molar-refractivity contribution < 1.29 is 29.3 Å². The minimum atomic E-state index is -0.806. The van der Waals surface area contributed by atoms with E-state index in [1.807, 2.05) is 90.9 Å². The molecule has 1 saturated heterocycles. The molecule has 3 rings (SSSR count). The normalized spacial score (nSPS) is 22.1. The molecular weight excluding hydrogens is 596 g/mol. The van der Waals surface area contributed by atoms with Gasteiger partial charge in [0.1, 0.15) is 24.0 Å². The maximum absolute atomic E-state index is 14.2. The van der Waals surface area contributed by atoms with Crippen molar-refractivity contribution in [2.45, 2.75) is 110 Å². The summed E-state index contributed by atoms with van der Waals surface area (Å²) in [5, 5.41) is 17.0. The summed E-state index contributed by atoms with van der Waals surface area (Å²) in [6.45, 7) is 12.4. The lowest BCUT2D eigenvalue weighted by atomic mass is 9.96. The second-order valence-corrected chi connectivity index (χ2v) is 14.6. The molecule has 0 spiro atoms. The largest absolute Gasteiger partial charge is 0.463 e. The van der Waals surface area contributed by atoms with E-state index in [-0.39, 0.29) is 59.2 Å². The second-order valence-electron chi connectivity index (χ2n) is 14.6. The van der Waals surface area contributed by atoms with Crippen LogP contribution >= 0.6 is 0 Å². The van der Waals surface area contributed by atoms with Gasteiger partial charge >= 0.3 is 5.90 Å². The molecule has 11 nitrogen and oxygen atoms in total. The number of hydrogen-bond donors (Lipinski definition) is 4. The van der Waals surface area contributed by atoms with E-state index in [4.69, 9.17) is 0 Å². The first-order chi connectivity index (χ1) is 22.1. The van der Waals surface area contributed by atoms with E-state index in [1.54, 1.807) is 11.9 Å². The number of rotatable bonds is 14. The molecule has 0 aromatic heterocycles. The molecule has 6 atom stereocenters. The first kappa shape index (κ1) is 38.0. The zero-order chi connectivity index (χ0) is 35.0. The summed E-state index contributed by atoms with van der Waals surface area (Å²) in [6, 6.07) is 6.93. The molecule has 3 unspecified atom stereocenters. The summed E-state index contributed by atoms with van der Waals surface area (Å²) in [5.74, 6) is -1.47. The predicted octanol–water partition coefficient (Wildman–Crippen LogP) is 1.71. The molecule has 2 aliphatic rings. The Morgan fingerprint density at radius 1 is 0.894 bits per heavy atom. The number of carbonyl (C=O) groups excluding carboxylic acids is 4. The molecule has 0 radical (unpaired) electrons. The highest BCUT2D eigenvalue weighted by Gasteiger charge is 2.44. The van der Waals surface area contributed by atoms with E-state index >= 15 is 0 Å². The highest BCUT2D eigenvalue weighted by Crippen LogP contribution is 2.28. The van der Waals surface area contributed by atoms with Gasteiger partial charge in [0.15, 0.2) is 6.54 Å². The van der Waals surface area contributed by atoms with E-state index in [0.717, 1.165) is 24.8 Å². The highest BCUT2D eigenvalue weighted by atomic mass is 16.3. The lowest BCUT2D eigenvalue weighted by Gasteiger charge is -2.38. The number of nitrogens with zero attached hydrogens (tertiary/aromatic N) is 3. The molecule has 1 aliphatic carbocycles. The van der Waals surface area contributed by atoms with E-state index in [0.29, 0.717) is 25.9 Å². The highest BCUT2D eigenvalue weighted by molar-refractivity contribution is 5.95. The van der Waals surface area contributed by atoms with Crippen molar-refractivity contribution in [3.8, 4) is 0 Å². The number of aliphatic hydroxyl groups excluding tert-OH is 1. The van der Waals surface area contributed by atoms with Gasteiger partial charge in [-0.3, -0.25) is 24.1 Å². The van der Waals surface area contributed by atoms with E-state index < -0.39 is 24.2 Å². The molecule has 262 valence electrons. The Bertz CT molecular complexity index is 1240. The van der Waals surface area contributed by atoms with Gasteiger partial charge in [0.25, 0.3) is 0 Å². The summed E-state index contributed by atoms with van der Waals surface area (Å²) in [4.78, 5) is 63.2. The van der Waals surface area contributed by atoms with Crippen LogP contribution in [0, 0.1) is 23.7 Å². The SMILES string of the molecule is CC(C)C(NC(=O)[C@H](C(C)C)N(C)C)C(=O)N(C)[C@H](C(=O)N1CCC[C@H]1C(=O)NC1CCCC1C(O)=[NH+]Cc1ccccc1)C(C)C. The summed E-state index contributed by atoms with van der Waals surface area (Å²) < 4.78 is 0. The molecule has 1 heterocycles. The van der Waals surface area contributed by atoms with Crippen LogP contribution in [0.5, 0.6) is 0 Å². The van der Waals surface area contributed by atoms with Crippen LogP contribution < -0.4 is 15.6 Å². The summed E-state index contributed by atoms with van der Waals surface area (Å²) in [5.41, 5.74) is 1.05. The number of hydrogen-bond acceptors (Lipinski definition) is 5. The molecule has 47 heavy (non-hydrogen) atoms. The maximum atomic E-state index is 14.2. The first-order valence-corrected chi connectivity index (χ1v) is 17.3. The van der Waals surface area contributed by atoms with Gasteiger partial charge in [0.2, 0.25) is 23.6 Å². The molecule has 1 saturated carbocycles.